The second kappa shape index (κ2) is 5.32. The Balaban J connectivity index is 1.86. The average molecular weight is 282 g/mol. The number of carboxylic acids is 1. The first kappa shape index (κ1) is 13.2. The first-order valence-corrected chi connectivity index (χ1v) is 6.57. The van der Waals surface area contributed by atoms with Crippen LogP contribution in [0.25, 0.3) is 0 Å². The van der Waals surface area contributed by atoms with Crippen LogP contribution in [0.4, 0.5) is 5.69 Å². The minimum Gasteiger partial charge on any atom is -0.478 e. The molecular weight excluding hydrogens is 268 g/mol. The number of aryl methyl sites for hydroxylation is 1. The van der Waals surface area contributed by atoms with E-state index in [1.54, 1.807) is 35.6 Å². The number of hydrogen-bond acceptors (Lipinski definition) is 5. The largest absolute Gasteiger partial charge is 0.478 e. The van der Waals surface area contributed by atoms with Crippen molar-refractivity contribution < 1.29 is 9.90 Å². The smallest absolute Gasteiger partial charge is 0.335 e. The summed E-state index contributed by atoms with van der Waals surface area (Å²) >= 11 is 0. The van der Waals surface area contributed by atoms with Crippen LogP contribution >= 0.6 is 0 Å². The molecule has 21 heavy (non-hydrogen) atoms. The number of benzene rings is 1. The van der Waals surface area contributed by atoms with Gasteiger partial charge in [-0.2, -0.15) is 5.11 Å². The van der Waals surface area contributed by atoms with E-state index in [-0.39, 0.29) is 11.6 Å². The van der Waals surface area contributed by atoms with Crippen molar-refractivity contribution in [1.29, 1.82) is 0 Å². The number of carboxylic acid groups (broad SMARTS) is 1. The molecule has 1 aliphatic heterocycles. The van der Waals surface area contributed by atoms with Crippen LogP contribution in [0.2, 0.25) is 0 Å². The molecule has 1 aromatic carbocycles. The van der Waals surface area contributed by atoms with Crippen LogP contribution in [-0.2, 0) is 0 Å². The third-order valence-corrected chi connectivity index (χ3v) is 3.47. The lowest BCUT2D eigenvalue weighted by Gasteiger charge is -2.15. The molecule has 3 rings (SSSR count). The Kier molecular flexibility index (Phi) is 3.35. The molecule has 1 aliphatic rings. The predicted molar refractivity (Wildman–Crippen MR) is 77.3 cm³/mol. The number of aromatic carboxylic acids is 1. The Labute approximate surface area is 121 Å². The molecule has 0 saturated heterocycles. The van der Waals surface area contributed by atoms with Crippen molar-refractivity contribution in [2.45, 2.75) is 13.0 Å². The standard InChI is InChI=1S/C15H14N4O2/c1-10-4-5-11(15(20)21)7-13(10)14-9-19(18-17-14)12-3-2-6-16-8-12/h2-8,14H,9H2,1H3,(H,20,21). The van der Waals surface area contributed by atoms with Crippen molar-refractivity contribution in [3.8, 4) is 0 Å². The van der Waals surface area contributed by atoms with Crippen LogP contribution in [-0.4, -0.2) is 22.6 Å². The summed E-state index contributed by atoms with van der Waals surface area (Å²) in [5, 5.41) is 19.3. The van der Waals surface area contributed by atoms with Gasteiger partial charge in [0.1, 0.15) is 6.04 Å². The molecule has 6 heteroatoms. The number of carbonyl (C=O) groups is 1. The number of nitrogens with zero attached hydrogens (tertiary/aromatic N) is 4. The predicted octanol–water partition coefficient (Wildman–Crippen LogP) is 3.02. The van der Waals surface area contributed by atoms with Crippen LogP contribution in [0, 0.1) is 6.92 Å². The van der Waals surface area contributed by atoms with Gasteiger partial charge in [-0.25, -0.2) is 9.80 Å². The second-order valence-electron chi connectivity index (χ2n) is 4.89. The van der Waals surface area contributed by atoms with Crippen LogP contribution in [0.5, 0.6) is 0 Å². The molecule has 1 unspecified atom stereocenters. The summed E-state index contributed by atoms with van der Waals surface area (Å²) < 4.78 is 0. The van der Waals surface area contributed by atoms with Gasteiger partial charge in [0.15, 0.2) is 0 Å². The fourth-order valence-electron chi connectivity index (χ4n) is 2.32. The van der Waals surface area contributed by atoms with Crippen LogP contribution in [0.15, 0.2) is 53.1 Å². The summed E-state index contributed by atoms with van der Waals surface area (Å²) in [4.78, 5) is 15.2. The molecule has 0 amide bonds. The summed E-state index contributed by atoms with van der Waals surface area (Å²) in [6.07, 6.45) is 3.43. The molecule has 106 valence electrons. The molecule has 0 spiro atoms. The van der Waals surface area contributed by atoms with Crippen LogP contribution < -0.4 is 5.01 Å². The summed E-state index contributed by atoms with van der Waals surface area (Å²) in [6, 6.07) is 8.68. The highest BCUT2D eigenvalue weighted by molar-refractivity contribution is 5.88. The van der Waals surface area contributed by atoms with Gasteiger partial charge < -0.3 is 5.11 Å². The number of pyridine rings is 1. The average Bonchev–Trinajstić information content (AvgIpc) is 2.98. The molecule has 2 aromatic rings. The van der Waals surface area contributed by atoms with Gasteiger partial charge >= 0.3 is 5.97 Å². The van der Waals surface area contributed by atoms with Gasteiger partial charge in [-0.1, -0.05) is 11.3 Å². The van der Waals surface area contributed by atoms with Crippen LogP contribution in [0.1, 0.15) is 27.5 Å². The van der Waals surface area contributed by atoms with Gasteiger partial charge in [0.2, 0.25) is 0 Å². The molecular formula is C15H14N4O2. The van der Waals surface area contributed by atoms with Crippen molar-refractivity contribution in [3.63, 3.8) is 0 Å². The van der Waals surface area contributed by atoms with E-state index in [1.807, 2.05) is 19.1 Å². The monoisotopic (exact) mass is 282 g/mol. The maximum Gasteiger partial charge on any atom is 0.335 e. The summed E-state index contributed by atoms with van der Waals surface area (Å²) in [5.41, 5.74) is 3.04. The highest BCUT2D eigenvalue weighted by Crippen LogP contribution is 2.30. The Morgan fingerprint density at radius 2 is 2.24 bits per heavy atom. The van der Waals surface area contributed by atoms with Gasteiger partial charge in [-0.15, -0.1) is 0 Å². The van der Waals surface area contributed by atoms with Crippen molar-refractivity contribution in [2.24, 2.45) is 10.3 Å². The lowest BCUT2D eigenvalue weighted by atomic mass is 9.99. The van der Waals surface area contributed by atoms with Crippen molar-refractivity contribution in [3.05, 3.63) is 59.4 Å². The van der Waals surface area contributed by atoms with E-state index < -0.39 is 5.97 Å². The molecule has 0 saturated carbocycles. The normalized spacial score (nSPS) is 17.2. The Morgan fingerprint density at radius 3 is 2.95 bits per heavy atom. The van der Waals surface area contributed by atoms with Crippen molar-refractivity contribution >= 4 is 11.7 Å². The fraction of sp³-hybridized carbons (Fsp3) is 0.200. The third kappa shape index (κ3) is 2.60. The van der Waals surface area contributed by atoms with Gasteiger partial charge in [0, 0.05) is 6.20 Å². The molecule has 0 bridgehead atoms. The summed E-state index contributed by atoms with van der Waals surface area (Å²) in [5.74, 6) is -0.935. The highest BCUT2D eigenvalue weighted by atomic mass is 16.4. The van der Waals surface area contributed by atoms with Gasteiger partial charge in [-0.3, -0.25) is 4.98 Å². The zero-order valence-electron chi connectivity index (χ0n) is 11.5. The SMILES string of the molecule is Cc1ccc(C(=O)O)cc1C1CN(c2cccnc2)N=N1. The van der Waals surface area contributed by atoms with Crippen LogP contribution in [0.3, 0.4) is 0 Å². The van der Waals surface area contributed by atoms with E-state index in [4.69, 9.17) is 5.11 Å². The van der Waals surface area contributed by atoms with Gasteiger partial charge in [0.05, 0.1) is 24.0 Å². The molecule has 0 radical (unpaired) electrons. The summed E-state index contributed by atoms with van der Waals surface area (Å²) in [7, 11) is 0. The van der Waals surface area contributed by atoms with Gasteiger partial charge in [-0.05, 0) is 42.3 Å². The molecule has 0 fully saturated rings. The maximum atomic E-state index is 11.1. The number of anilines is 1. The first-order valence-electron chi connectivity index (χ1n) is 6.57. The molecule has 1 atom stereocenters. The lowest BCUT2D eigenvalue weighted by Crippen LogP contribution is -2.17. The minimum atomic E-state index is -0.935. The Morgan fingerprint density at radius 1 is 1.38 bits per heavy atom. The highest BCUT2D eigenvalue weighted by Gasteiger charge is 2.24. The summed E-state index contributed by atoms with van der Waals surface area (Å²) in [6.45, 7) is 2.53. The zero-order chi connectivity index (χ0) is 14.8. The Bertz CT molecular complexity index is 700. The Hall–Kier alpha value is -2.76. The number of rotatable bonds is 3. The van der Waals surface area contributed by atoms with E-state index >= 15 is 0 Å². The number of hydrogen-bond donors (Lipinski definition) is 1. The topological polar surface area (TPSA) is 78.1 Å². The molecule has 6 nitrogen and oxygen atoms in total. The lowest BCUT2D eigenvalue weighted by molar-refractivity contribution is 0.0696. The number of aromatic nitrogens is 1. The van der Waals surface area contributed by atoms with Gasteiger partial charge in [0.25, 0.3) is 0 Å². The fourth-order valence-corrected chi connectivity index (χ4v) is 2.32. The third-order valence-electron chi connectivity index (χ3n) is 3.47. The van der Waals surface area contributed by atoms with E-state index in [1.165, 1.54) is 0 Å². The van der Waals surface area contributed by atoms with E-state index in [0.29, 0.717) is 6.54 Å². The van der Waals surface area contributed by atoms with Crippen molar-refractivity contribution in [2.75, 3.05) is 11.6 Å². The first-order chi connectivity index (χ1) is 10.1. The molecule has 2 heterocycles. The zero-order valence-corrected chi connectivity index (χ0v) is 11.5. The molecule has 0 aliphatic carbocycles. The quantitative estimate of drug-likeness (QED) is 0.938. The minimum absolute atomic E-state index is 0.162. The molecule has 1 aromatic heterocycles. The van der Waals surface area contributed by atoms with Crippen molar-refractivity contribution in [1.82, 2.24) is 4.98 Å². The van der Waals surface area contributed by atoms with E-state index in [0.717, 1.165) is 16.8 Å². The molecule has 1 N–H and O–H groups in total. The second-order valence-corrected chi connectivity index (χ2v) is 4.89. The van der Waals surface area contributed by atoms with E-state index in [2.05, 4.69) is 15.3 Å². The van der Waals surface area contributed by atoms with E-state index in [9.17, 15) is 4.79 Å². The maximum absolute atomic E-state index is 11.1.